The molecule has 1 aromatic rings. The lowest BCUT2D eigenvalue weighted by molar-refractivity contribution is -0.00413. The summed E-state index contributed by atoms with van der Waals surface area (Å²) in [6.07, 6.45) is 4.40. The normalized spacial score (nSPS) is 23.0. The molecule has 1 heterocycles. The van der Waals surface area contributed by atoms with Crippen molar-refractivity contribution in [3.05, 3.63) is 35.4 Å². The van der Waals surface area contributed by atoms with E-state index in [-0.39, 0.29) is 5.97 Å². The number of hydrogen-bond donors (Lipinski definition) is 0. The minimum absolute atomic E-state index is 0.172. The number of carbonyl (C=O) groups excluding carboxylic acids is 1. The molecule has 0 aliphatic carbocycles. The monoisotopic (exact) mass is 218 g/mol. The van der Waals surface area contributed by atoms with Crippen LogP contribution in [0.1, 0.15) is 55.5 Å². The van der Waals surface area contributed by atoms with E-state index in [0.717, 1.165) is 24.0 Å². The van der Waals surface area contributed by atoms with Gasteiger partial charge in [-0.25, -0.2) is 4.79 Å². The Balaban J connectivity index is 2.21. The Hall–Kier alpha value is -1.31. The molecule has 1 aromatic carbocycles. The van der Waals surface area contributed by atoms with Gasteiger partial charge >= 0.3 is 5.97 Å². The van der Waals surface area contributed by atoms with E-state index in [9.17, 15) is 4.79 Å². The van der Waals surface area contributed by atoms with Crippen LogP contribution in [0.2, 0.25) is 0 Å². The molecule has 0 amide bonds. The van der Waals surface area contributed by atoms with Gasteiger partial charge in [-0.05, 0) is 25.8 Å². The van der Waals surface area contributed by atoms with Gasteiger partial charge in [0.25, 0.3) is 0 Å². The molecule has 16 heavy (non-hydrogen) atoms. The summed E-state index contributed by atoms with van der Waals surface area (Å²) in [4.78, 5) is 11.7. The topological polar surface area (TPSA) is 26.3 Å². The van der Waals surface area contributed by atoms with Gasteiger partial charge < -0.3 is 4.74 Å². The van der Waals surface area contributed by atoms with Gasteiger partial charge in [-0.15, -0.1) is 0 Å². The number of fused-ring (bicyclic) bond motifs is 1. The van der Waals surface area contributed by atoms with Gasteiger partial charge in [0.05, 0.1) is 5.56 Å². The van der Waals surface area contributed by atoms with Crippen molar-refractivity contribution in [1.29, 1.82) is 0 Å². The highest BCUT2D eigenvalue weighted by Crippen LogP contribution is 2.39. The molecule has 1 unspecified atom stereocenters. The second kappa shape index (κ2) is 4.28. The molecule has 1 aliphatic rings. The van der Waals surface area contributed by atoms with Crippen LogP contribution in [0.4, 0.5) is 0 Å². The molecule has 0 saturated carbocycles. The Labute approximate surface area is 96.6 Å². The number of carbonyl (C=O) groups is 1. The molecule has 0 N–H and O–H groups in total. The molecule has 0 aromatic heterocycles. The second-order valence-corrected chi connectivity index (χ2v) is 4.62. The Kier molecular flexibility index (Phi) is 2.99. The number of cyclic esters (lactones) is 1. The van der Waals surface area contributed by atoms with Crippen LogP contribution < -0.4 is 0 Å². The molecular formula is C14H18O2. The molecule has 1 aliphatic heterocycles. The van der Waals surface area contributed by atoms with Crippen LogP contribution in [-0.4, -0.2) is 5.97 Å². The third kappa shape index (κ3) is 1.84. The Bertz CT molecular complexity index is 397. The van der Waals surface area contributed by atoms with E-state index in [2.05, 4.69) is 6.92 Å². The molecule has 0 saturated heterocycles. The molecule has 2 nitrogen and oxygen atoms in total. The maximum absolute atomic E-state index is 11.7. The standard InChI is InChI=1S/C14H18O2/c1-3-4-7-10-14(2)12-9-6-5-8-11(12)13(15)16-14/h5-6,8-9H,3-4,7,10H2,1-2H3. The van der Waals surface area contributed by atoms with Crippen molar-refractivity contribution in [2.45, 2.75) is 45.1 Å². The molecule has 86 valence electrons. The number of unbranched alkanes of at least 4 members (excludes halogenated alkanes) is 2. The van der Waals surface area contributed by atoms with Crippen molar-refractivity contribution in [2.75, 3.05) is 0 Å². The van der Waals surface area contributed by atoms with Crippen LogP contribution in [0, 0.1) is 0 Å². The summed E-state index contributed by atoms with van der Waals surface area (Å²) in [5.41, 5.74) is 1.39. The predicted molar refractivity (Wildman–Crippen MR) is 63.4 cm³/mol. The molecule has 2 rings (SSSR count). The molecule has 0 spiro atoms. The fourth-order valence-corrected chi connectivity index (χ4v) is 2.33. The smallest absolute Gasteiger partial charge is 0.339 e. The van der Waals surface area contributed by atoms with E-state index in [1.54, 1.807) is 0 Å². The maximum Gasteiger partial charge on any atom is 0.339 e. The van der Waals surface area contributed by atoms with Crippen molar-refractivity contribution in [1.82, 2.24) is 0 Å². The minimum Gasteiger partial charge on any atom is -0.451 e. The van der Waals surface area contributed by atoms with Crippen molar-refractivity contribution in [2.24, 2.45) is 0 Å². The molecule has 0 fully saturated rings. The Morgan fingerprint density at radius 1 is 1.25 bits per heavy atom. The average Bonchev–Trinajstić information content (AvgIpc) is 2.53. The lowest BCUT2D eigenvalue weighted by atomic mass is 9.89. The molecule has 0 bridgehead atoms. The third-order valence-electron chi connectivity index (χ3n) is 3.29. The fourth-order valence-electron chi connectivity index (χ4n) is 2.33. The van der Waals surface area contributed by atoms with E-state index in [1.165, 1.54) is 12.8 Å². The molecule has 0 radical (unpaired) electrons. The van der Waals surface area contributed by atoms with Gasteiger partial charge in [0, 0.05) is 5.56 Å². The van der Waals surface area contributed by atoms with Crippen LogP contribution in [0.25, 0.3) is 0 Å². The van der Waals surface area contributed by atoms with Gasteiger partial charge in [-0.3, -0.25) is 0 Å². The van der Waals surface area contributed by atoms with Crippen LogP contribution in [0.3, 0.4) is 0 Å². The van der Waals surface area contributed by atoms with Gasteiger partial charge in [-0.1, -0.05) is 38.0 Å². The number of hydrogen-bond acceptors (Lipinski definition) is 2. The summed E-state index contributed by atoms with van der Waals surface area (Å²) < 4.78 is 5.53. The van der Waals surface area contributed by atoms with Gasteiger partial charge in [-0.2, -0.15) is 0 Å². The van der Waals surface area contributed by atoms with Gasteiger partial charge in [0.15, 0.2) is 0 Å². The highest BCUT2D eigenvalue weighted by molar-refractivity contribution is 5.94. The van der Waals surface area contributed by atoms with Crippen molar-refractivity contribution >= 4 is 5.97 Å². The lowest BCUT2D eigenvalue weighted by Gasteiger charge is -2.23. The molecule has 1 atom stereocenters. The first-order chi connectivity index (χ1) is 7.67. The highest BCUT2D eigenvalue weighted by atomic mass is 16.6. The quantitative estimate of drug-likeness (QED) is 0.569. The van der Waals surface area contributed by atoms with E-state index >= 15 is 0 Å². The van der Waals surface area contributed by atoms with Crippen molar-refractivity contribution < 1.29 is 9.53 Å². The van der Waals surface area contributed by atoms with Crippen LogP contribution in [-0.2, 0) is 10.3 Å². The number of benzene rings is 1. The van der Waals surface area contributed by atoms with Crippen molar-refractivity contribution in [3.8, 4) is 0 Å². The Morgan fingerprint density at radius 2 is 2.00 bits per heavy atom. The summed E-state index contributed by atoms with van der Waals surface area (Å²) in [7, 11) is 0. The number of esters is 1. The summed E-state index contributed by atoms with van der Waals surface area (Å²) in [6.45, 7) is 4.20. The summed E-state index contributed by atoms with van der Waals surface area (Å²) >= 11 is 0. The first-order valence-electron chi connectivity index (χ1n) is 6.00. The van der Waals surface area contributed by atoms with Crippen LogP contribution in [0.15, 0.2) is 24.3 Å². The third-order valence-corrected chi connectivity index (χ3v) is 3.29. The highest BCUT2D eigenvalue weighted by Gasteiger charge is 2.40. The SMILES string of the molecule is CCCCCC1(C)OC(=O)c2ccccc21. The van der Waals surface area contributed by atoms with E-state index in [0.29, 0.717) is 0 Å². The Morgan fingerprint density at radius 3 is 2.75 bits per heavy atom. The second-order valence-electron chi connectivity index (χ2n) is 4.62. The van der Waals surface area contributed by atoms with Gasteiger partial charge in [0.1, 0.15) is 5.60 Å². The fraction of sp³-hybridized carbons (Fsp3) is 0.500. The molecule has 2 heteroatoms. The summed E-state index contributed by atoms with van der Waals surface area (Å²) in [6, 6.07) is 7.71. The first kappa shape index (κ1) is 11.2. The number of ether oxygens (including phenoxy) is 1. The average molecular weight is 218 g/mol. The summed E-state index contributed by atoms with van der Waals surface area (Å²) in [5, 5.41) is 0. The number of rotatable bonds is 4. The predicted octanol–water partition coefficient (Wildman–Crippen LogP) is 3.65. The maximum atomic E-state index is 11.7. The van der Waals surface area contributed by atoms with Gasteiger partial charge in [0.2, 0.25) is 0 Å². The zero-order valence-corrected chi connectivity index (χ0v) is 9.95. The van der Waals surface area contributed by atoms with E-state index in [1.807, 2.05) is 31.2 Å². The van der Waals surface area contributed by atoms with E-state index < -0.39 is 5.60 Å². The minimum atomic E-state index is -0.400. The summed E-state index contributed by atoms with van der Waals surface area (Å²) in [5.74, 6) is -0.172. The van der Waals surface area contributed by atoms with E-state index in [4.69, 9.17) is 4.74 Å². The molecular weight excluding hydrogens is 200 g/mol. The lowest BCUT2D eigenvalue weighted by Crippen LogP contribution is -2.21. The van der Waals surface area contributed by atoms with Crippen LogP contribution >= 0.6 is 0 Å². The zero-order valence-electron chi connectivity index (χ0n) is 9.95. The largest absolute Gasteiger partial charge is 0.451 e. The van der Waals surface area contributed by atoms with Crippen molar-refractivity contribution in [3.63, 3.8) is 0 Å². The zero-order chi connectivity index (χ0) is 11.6. The van der Waals surface area contributed by atoms with Crippen LogP contribution in [0.5, 0.6) is 0 Å². The first-order valence-corrected chi connectivity index (χ1v) is 6.00.